The molecule has 0 unspecified atom stereocenters. The number of halogens is 1. The Hall–Kier alpha value is -0.480. The van der Waals surface area contributed by atoms with Crippen LogP contribution in [0.4, 0.5) is 4.79 Å². The molecule has 0 aliphatic carbocycles. The lowest BCUT2D eigenvalue weighted by atomic mass is 10.5. The summed E-state index contributed by atoms with van der Waals surface area (Å²) in [5.41, 5.74) is 0. The Morgan fingerprint density at radius 3 is 2.75 bits per heavy atom. The number of nitrogens with one attached hydrogen (secondary N) is 1. The van der Waals surface area contributed by atoms with Gasteiger partial charge in [-0.15, -0.1) is 11.6 Å². The zero-order valence-electron chi connectivity index (χ0n) is 7.22. The van der Waals surface area contributed by atoms with Gasteiger partial charge in [-0.1, -0.05) is 0 Å². The molecule has 0 fully saturated rings. The summed E-state index contributed by atoms with van der Waals surface area (Å²) in [6, 6.07) is -0.174. The number of urea groups is 1. The van der Waals surface area contributed by atoms with E-state index in [1.807, 2.05) is 6.92 Å². The molecule has 12 heavy (non-hydrogen) atoms. The van der Waals surface area contributed by atoms with E-state index >= 15 is 0 Å². The highest BCUT2D eigenvalue weighted by molar-refractivity contribution is 6.18. The average Bonchev–Trinajstić information content (AvgIpc) is 2.10. The number of aliphatic hydroxyl groups excluding tert-OH is 1. The van der Waals surface area contributed by atoms with Gasteiger partial charge in [-0.3, -0.25) is 0 Å². The van der Waals surface area contributed by atoms with Crippen LogP contribution in [-0.4, -0.2) is 48.2 Å². The van der Waals surface area contributed by atoms with Crippen LogP contribution in [0, 0.1) is 0 Å². The van der Waals surface area contributed by atoms with Gasteiger partial charge in [0.15, 0.2) is 0 Å². The lowest BCUT2D eigenvalue weighted by molar-refractivity contribution is 0.181. The number of carbonyl (C=O) groups excluding carboxylic acids is 1. The zero-order valence-corrected chi connectivity index (χ0v) is 7.97. The van der Waals surface area contributed by atoms with Crippen LogP contribution in [-0.2, 0) is 0 Å². The van der Waals surface area contributed by atoms with E-state index in [1.54, 1.807) is 0 Å². The molecule has 0 aromatic carbocycles. The van der Waals surface area contributed by atoms with Crippen molar-refractivity contribution in [2.45, 2.75) is 6.92 Å². The maximum Gasteiger partial charge on any atom is 0.317 e. The summed E-state index contributed by atoms with van der Waals surface area (Å²) in [6.45, 7) is 3.26. The third kappa shape index (κ3) is 4.41. The van der Waals surface area contributed by atoms with Crippen molar-refractivity contribution in [3.05, 3.63) is 0 Å². The Labute approximate surface area is 77.5 Å². The molecule has 0 aliphatic rings. The molecule has 4 nitrogen and oxygen atoms in total. The van der Waals surface area contributed by atoms with Crippen LogP contribution >= 0.6 is 11.6 Å². The minimum Gasteiger partial charge on any atom is -0.395 e. The quantitative estimate of drug-likeness (QED) is 0.617. The highest BCUT2D eigenvalue weighted by atomic mass is 35.5. The van der Waals surface area contributed by atoms with E-state index in [-0.39, 0.29) is 12.6 Å². The molecule has 0 rings (SSSR count). The van der Waals surface area contributed by atoms with E-state index in [1.165, 1.54) is 4.90 Å². The summed E-state index contributed by atoms with van der Waals surface area (Å²) in [4.78, 5) is 12.7. The monoisotopic (exact) mass is 194 g/mol. The number of rotatable bonds is 5. The molecule has 0 aliphatic heterocycles. The van der Waals surface area contributed by atoms with E-state index in [0.717, 1.165) is 0 Å². The number of amides is 2. The van der Waals surface area contributed by atoms with Crippen LogP contribution in [0.2, 0.25) is 0 Å². The zero-order chi connectivity index (χ0) is 9.40. The summed E-state index contributed by atoms with van der Waals surface area (Å²) in [7, 11) is 0. The fourth-order valence-electron chi connectivity index (χ4n) is 0.790. The first-order valence-corrected chi connectivity index (χ1v) is 4.49. The number of alkyl halides is 1. The third-order valence-corrected chi connectivity index (χ3v) is 1.60. The van der Waals surface area contributed by atoms with E-state index in [4.69, 9.17) is 16.7 Å². The summed E-state index contributed by atoms with van der Waals surface area (Å²) >= 11 is 5.39. The Balaban J connectivity index is 3.69. The van der Waals surface area contributed by atoms with Crippen molar-refractivity contribution in [3.8, 4) is 0 Å². The summed E-state index contributed by atoms with van der Waals surface area (Å²) in [6.07, 6.45) is 0. The summed E-state index contributed by atoms with van der Waals surface area (Å²) in [5.74, 6) is 0.405. The minimum atomic E-state index is -0.174. The number of hydrogen-bond donors (Lipinski definition) is 2. The molecule has 0 bridgehead atoms. The second kappa shape index (κ2) is 7.18. The first-order valence-electron chi connectivity index (χ1n) is 3.95. The molecule has 0 saturated heterocycles. The van der Waals surface area contributed by atoms with Gasteiger partial charge in [0.05, 0.1) is 6.61 Å². The van der Waals surface area contributed by atoms with E-state index in [0.29, 0.717) is 25.5 Å². The lowest BCUT2D eigenvalue weighted by Gasteiger charge is -2.19. The molecule has 5 heteroatoms. The van der Waals surface area contributed by atoms with Crippen molar-refractivity contribution in [2.24, 2.45) is 0 Å². The standard InChI is InChI=1S/C7H15ClN2O2/c1-2-10(5-6-11)7(12)9-4-3-8/h11H,2-6H2,1H3,(H,9,12). The molecule has 0 spiro atoms. The fraction of sp³-hybridized carbons (Fsp3) is 0.857. The van der Waals surface area contributed by atoms with Crippen molar-refractivity contribution in [3.63, 3.8) is 0 Å². The first-order chi connectivity index (χ1) is 5.76. The third-order valence-electron chi connectivity index (χ3n) is 1.41. The normalized spacial score (nSPS) is 9.58. The van der Waals surface area contributed by atoms with Crippen LogP contribution in [0.25, 0.3) is 0 Å². The summed E-state index contributed by atoms with van der Waals surface area (Å²) < 4.78 is 0. The topological polar surface area (TPSA) is 52.6 Å². The molecule has 0 radical (unpaired) electrons. The Morgan fingerprint density at radius 1 is 1.67 bits per heavy atom. The maximum absolute atomic E-state index is 11.2. The van der Waals surface area contributed by atoms with Gasteiger partial charge < -0.3 is 15.3 Å². The van der Waals surface area contributed by atoms with Crippen LogP contribution in [0.5, 0.6) is 0 Å². The summed E-state index contributed by atoms with van der Waals surface area (Å²) in [5, 5.41) is 11.2. The van der Waals surface area contributed by atoms with Crippen molar-refractivity contribution >= 4 is 17.6 Å². The highest BCUT2D eigenvalue weighted by Crippen LogP contribution is 1.87. The van der Waals surface area contributed by atoms with Gasteiger partial charge in [0, 0.05) is 25.5 Å². The molecule has 0 aromatic heterocycles. The Morgan fingerprint density at radius 2 is 2.33 bits per heavy atom. The van der Waals surface area contributed by atoms with E-state index in [9.17, 15) is 4.79 Å². The average molecular weight is 195 g/mol. The number of hydrogen-bond acceptors (Lipinski definition) is 2. The van der Waals surface area contributed by atoms with Gasteiger partial charge in [0.25, 0.3) is 0 Å². The van der Waals surface area contributed by atoms with Crippen LogP contribution in [0.3, 0.4) is 0 Å². The van der Waals surface area contributed by atoms with Gasteiger partial charge in [0.2, 0.25) is 0 Å². The maximum atomic E-state index is 11.2. The van der Waals surface area contributed by atoms with Crippen LogP contribution in [0.15, 0.2) is 0 Å². The van der Waals surface area contributed by atoms with Gasteiger partial charge in [-0.25, -0.2) is 4.79 Å². The second-order valence-electron chi connectivity index (χ2n) is 2.22. The molecule has 0 aromatic rings. The Bertz CT molecular complexity index is 133. The number of nitrogens with zero attached hydrogens (tertiary/aromatic N) is 1. The molecule has 2 N–H and O–H groups in total. The molecule has 2 amide bonds. The number of carbonyl (C=O) groups is 1. The largest absolute Gasteiger partial charge is 0.395 e. The first kappa shape index (κ1) is 11.5. The van der Waals surface area contributed by atoms with Gasteiger partial charge in [-0.05, 0) is 6.92 Å². The van der Waals surface area contributed by atoms with Crippen molar-refractivity contribution < 1.29 is 9.90 Å². The molecular formula is C7H15ClN2O2. The molecule has 72 valence electrons. The number of likely N-dealkylation sites (N-methyl/N-ethyl adjacent to an activating group) is 1. The fourth-order valence-corrected chi connectivity index (χ4v) is 0.884. The van der Waals surface area contributed by atoms with Gasteiger partial charge in [-0.2, -0.15) is 0 Å². The van der Waals surface area contributed by atoms with E-state index in [2.05, 4.69) is 5.32 Å². The van der Waals surface area contributed by atoms with Gasteiger partial charge in [0.1, 0.15) is 0 Å². The Kier molecular flexibility index (Phi) is 6.90. The predicted molar refractivity (Wildman–Crippen MR) is 48.5 cm³/mol. The van der Waals surface area contributed by atoms with Crippen molar-refractivity contribution in [1.29, 1.82) is 0 Å². The predicted octanol–water partition coefficient (Wildman–Crippen LogP) is 0.249. The van der Waals surface area contributed by atoms with Crippen molar-refractivity contribution in [2.75, 3.05) is 32.1 Å². The second-order valence-corrected chi connectivity index (χ2v) is 2.60. The van der Waals surface area contributed by atoms with Crippen molar-refractivity contribution in [1.82, 2.24) is 10.2 Å². The molecule has 0 saturated carbocycles. The number of aliphatic hydroxyl groups is 1. The minimum absolute atomic E-state index is 0.0118. The van der Waals surface area contributed by atoms with Crippen LogP contribution in [0.1, 0.15) is 6.92 Å². The van der Waals surface area contributed by atoms with Crippen LogP contribution < -0.4 is 5.32 Å². The van der Waals surface area contributed by atoms with Gasteiger partial charge >= 0.3 is 6.03 Å². The lowest BCUT2D eigenvalue weighted by Crippen LogP contribution is -2.41. The SMILES string of the molecule is CCN(CCO)C(=O)NCCCl. The van der Waals surface area contributed by atoms with E-state index < -0.39 is 0 Å². The smallest absolute Gasteiger partial charge is 0.317 e. The molecule has 0 heterocycles. The molecule has 0 atom stereocenters. The molecular weight excluding hydrogens is 180 g/mol. The highest BCUT2D eigenvalue weighted by Gasteiger charge is 2.08.